The maximum Gasteiger partial charge on any atom is 0.329 e. The fraction of sp³-hybridized carbons (Fsp3) is 0.227. The minimum atomic E-state index is -0.412. The largest absolute Gasteiger partial charge is 0.456 e. The summed E-state index contributed by atoms with van der Waals surface area (Å²) >= 11 is 0. The highest BCUT2D eigenvalue weighted by atomic mass is 16.5. The molecular formula is C22H21N3O4. The molecule has 0 atom stereocenters. The van der Waals surface area contributed by atoms with E-state index in [0.717, 1.165) is 16.6 Å². The number of imidazole rings is 1. The van der Waals surface area contributed by atoms with Gasteiger partial charge in [0.2, 0.25) is 5.89 Å². The molecule has 0 saturated heterocycles. The summed E-state index contributed by atoms with van der Waals surface area (Å²) in [5.41, 5.74) is 2.46. The van der Waals surface area contributed by atoms with Crippen LogP contribution in [-0.4, -0.2) is 20.1 Å². The maximum atomic E-state index is 12.6. The van der Waals surface area contributed by atoms with Crippen molar-refractivity contribution in [1.82, 2.24) is 14.1 Å². The predicted molar refractivity (Wildman–Crippen MR) is 108 cm³/mol. The summed E-state index contributed by atoms with van der Waals surface area (Å²) in [7, 11) is 0. The molecule has 0 bridgehead atoms. The van der Waals surface area contributed by atoms with Crippen LogP contribution in [0.3, 0.4) is 0 Å². The summed E-state index contributed by atoms with van der Waals surface area (Å²) in [5.74, 6) is 0.539. The number of aromatic nitrogens is 3. The third kappa shape index (κ3) is 3.85. The summed E-state index contributed by atoms with van der Waals surface area (Å²) in [4.78, 5) is 28.9. The molecule has 2 aromatic carbocycles. The number of para-hydroxylation sites is 2. The van der Waals surface area contributed by atoms with Crippen molar-refractivity contribution in [3.05, 3.63) is 77.2 Å². The van der Waals surface area contributed by atoms with Crippen LogP contribution in [0.4, 0.5) is 0 Å². The number of aryl methyl sites for hydroxylation is 2. The lowest BCUT2D eigenvalue weighted by atomic mass is 10.2. The molecule has 0 saturated carbocycles. The van der Waals surface area contributed by atoms with Gasteiger partial charge < -0.3 is 9.15 Å². The first-order valence-electron chi connectivity index (χ1n) is 9.51. The number of nitrogens with zero attached hydrogens (tertiary/aromatic N) is 3. The molecule has 0 unspecified atom stereocenters. The SMILES string of the molecule is CCn1c(=O)n(CCC(=O)OCc2ncc(-c3ccccc3)o2)c2ccccc21. The average Bonchev–Trinajstić information content (AvgIpc) is 3.33. The van der Waals surface area contributed by atoms with Crippen LogP contribution in [0.25, 0.3) is 22.4 Å². The number of carbonyl (C=O) groups is 1. The first-order chi connectivity index (χ1) is 14.2. The second-order valence-electron chi connectivity index (χ2n) is 6.56. The van der Waals surface area contributed by atoms with Gasteiger partial charge in [0.25, 0.3) is 0 Å². The standard InChI is InChI=1S/C22H21N3O4/c1-2-24-17-10-6-7-11-18(17)25(22(24)27)13-12-21(26)28-15-20-23-14-19(29-20)16-8-4-3-5-9-16/h3-11,14H,2,12-13,15H2,1H3. The van der Waals surface area contributed by atoms with Crippen molar-refractivity contribution in [2.75, 3.05) is 0 Å². The van der Waals surface area contributed by atoms with Crippen molar-refractivity contribution in [3.63, 3.8) is 0 Å². The van der Waals surface area contributed by atoms with Crippen molar-refractivity contribution in [2.45, 2.75) is 33.0 Å². The zero-order valence-electron chi connectivity index (χ0n) is 16.1. The van der Waals surface area contributed by atoms with Crippen LogP contribution in [0.2, 0.25) is 0 Å². The number of hydrogen-bond donors (Lipinski definition) is 0. The van der Waals surface area contributed by atoms with E-state index in [1.807, 2.05) is 61.5 Å². The summed E-state index contributed by atoms with van der Waals surface area (Å²) in [5, 5.41) is 0. The molecule has 29 heavy (non-hydrogen) atoms. The van der Waals surface area contributed by atoms with E-state index in [1.165, 1.54) is 0 Å². The van der Waals surface area contributed by atoms with Crippen LogP contribution in [0.15, 0.2) is 70.0 Å². The molecule has 7 heteroatoms. The average molecular weight is 391 g/mol. The Labute approximate surface area is 167 Å². The highest BCUT2D eigenvalue weighted by Gasteiger charge is 2.14. The molecule has 4 rings (SSSR count). The molecule has 0 amide bonds. The van der Waals surface area contributed by atoms with Gasteiger partial charge in [0.1, 0.15) is 0 Å². The molecule has 4 aromatic rings. The van der Waals surface area contributed by atoms with E-state index in [9.17, 15) is 9.59 Å². The number of hydrogen-bond acceptors (Lipinski definition) is 5. The molecule has 0 fully saturated rings. The molecule has 0 aliphatic rings. The maximum absolute atomic E-state index is 12.6. The topological polar surface area (TPSA) is 79.3 Å². The Morgan fingerprint density at radius 1 is 1.03 bits per heavy atom. The van der Waals surface area contributed by atoms with Crippen LogP contribution in [0, 0.1) is 0 Å². The van der Waals surface area contributed by atoms with Gasteiger partial charge in [-0.05, 0) is 19.1 Å². The van der Waals surface area contributed by atoms with Crippen molar-refractivity contribution in [1.29, 1.82) is 0 Å². The molecule has 0 radical (unpaired) electrons. The van der Waals surface area contributed by atoms with Gasteiger partial charge in [-0.15, -0.1) is 0 Å². The fourth-order valence-corrected chi connectivity index (χ4v) is 3.32. The van der Waals surface area contributed by atoms with E-state index in [2.05, 4.69) is 4.98 Å². The van der Waals surface area contributed by atoms with E-state index >= 15 is 0 Å². The minimum Gasteiger partial charge on any atom is -0.456 e. The zero-order chi connectivity index (χ0) is 20.2. The highest BCUT2D eigenvalue weighted by Crippen LogP contribution is 2.20. The van der Waals surface area contributed by atoms with E-state index in [1.54, 1.807) is 15.3 Å². The van der Waals surface area contributed by atoms with Crippen molar-refractivity contribution >= 4 is 17.0 Å². The molecule has 0 aliphatic heterocycles. The summed E-state index contributed by atoms with van der Waals surface area (Å²) < 4.78 is 14.2. The predicted octanol–water partition coefficient (Wildman–Crippen LogP) is 3.61. The molecule has 0 aliphatic carbocycles. The van der Waals surface area contributed by atoms with Gasteiger partial charge in [-0.3, -0.25) is 13.9 Å². The fourth-order valence-electron chi connectivity index (χ4n) is 3.32. The first-order valence-corrected chi connectivity index (χ1v) is 9.51. The third-order valence-electron chi connectivity index (χ3n) is 4.75. The Balaban J connectivity index is 1.38. The number of fused-ring (bicyclic) bond motifs is 1. The lowest BCUT2D eigenvalue weighted by Gasteiger charge is -2.04. The Bertz CT molecular complexity index is 1190. The molecular weight excluding hydrogens is 370 g/mol. The van der Waals surface area contributed by atoms with Gasteiger partial charge >= 0.3 is 11.7 Å². The summed E-state index contributed by atoms with van der Waals surface area (Å²) in [6, 6.07) is 17.1. The molecule has 7 nitrogen and oxygen atoms in total. The second kappa shape index (κ2) is 8.18. The number of esters is 1. The van der Waals surface area contributed by atoms with E-state index < -0.39 is 5.97 Å². The number of oxazole rings is 1. The number of rotatable bonds is 7. The van der Waals surface area contributed by atoms with Gasteiger partial charge in [-0.25, -0.2) is 9.78 Å². The van der Waals surface area contributed by atoms with Crippen molar-refractivity contribution in [2.24, 2.45) is 0 Å². The summed E-state index contributed by atoms with van der Waals surface area (Å²) in [6.07, 6.45) is 1.70. The van der Waals surface area contributed by atoms with Crippen LogP contribution in [0.1, 0.15) is 19.2 Å². The van der Waals surface area contributed by atoms with Gasteiger partial charge in [0.15, 0.2) is 12.4 Å². The Morgan fingerprint density at radius 2 is 1.72 bits per heavy atom. The number of carbonyl (C=O) groups excluding carboxylic acids is 1. The quantitative estimate of drug-likeness (QED) is 0.450. The van der Waals surface area contributed by atoms with E-state index in [-0.39, 0.29) is 25.3 Å². The van der Waals surface area contributed by atoms with Gasteiger partial charge in [0, 0.05) is 18.7 Å². The van der Waals surface area contributed by atoms with E-state index in [4.69, 9.17) is 9.15 Å². The third-order valence-corrected chi connectivity index (χ3v) is 4.75. The lowest BCUT2D eigenvalue weighted by Crippen LogP contribution is -2.25. The Kier molecular flexibility index (Phi) is 5.29. The smallest absolute Gasteiger partial charge is 0.329 e. The van der Waals surface area contributed by atoms with Gasteiger partial charge in [0.05, 0.1) is 23.7 Å². The first kappa shape index (κ1) is 18.7. The molecule has 0 spiro atoms. The van der Waals surface area contributed by atoms with Crippen LogP contribution < -0.4 is 5.69 Å². The second-order valence-corrected chi connectivity index (χ2v) is 6.56. The summed E-state index contributed by atoms with van der Waals surface area (Å²) in [6.45, 7) is 2.71. The van der Waals surface area contributed by atoms with Crippen molar-refractivity contribution < 1.29 is 13.9 Å². The van der Waals surface area contributed by atoms with Gasteiger partial charge in [-0.2, -0.15) is 0 Å². The minimum absolute atomic E-state index is 0.0444. The molecule has 2 aromatic heterocycles. The lowest BCUT2D eigenvalue weighted by molar-refractivity contribution is -0.145. The van der Waals surface area contributed by atoms with Gasteiger partial charge in [-0.1, -0.05) is 42.5 Å². The highest BCUT2D eigenvalue weighted by molar-refractivity contribution is 5.76. The number of benzene rings is 2. The zero-order valence-corrected chi connectivity index (χ0v) is 16.1. The monoisotopic (exact) mass is 391 g/mol. The van der Waals surface area contributed by atoms with Crippen LogP contribution >= 0.6 is 0 Å². The van der Waals surface area contributed by atoms with E-state index in [0.29, 0.717) is 18.2 Å². The van der Waals surface area contributed by atoms with Crippen LogP contribution in [0.5, 0.6) is 0 Å². The Hall–Kier alpha value is -3.61. The van der Waals surface area contributed by atoms with Crippen molar-refractivity contribution in [3.8, 4) is 11.3 Å². The Morgan fingerprint density at radius 3 is 2.45 bits per heavy atom. The molecule has 0 N–H and O–H groups in total. The molecule has 148 valence electrons. The normalized spacial score (nSPS) is 11.1. The van der Waals surface area contributed by atoms with Crippen LogP contribution in [-0.2, 0) is 29.2 Å². The molecule has 2 heterocycles. The number of ether oxygens (including phenoxy) is 1.